The lowest BCUT2D eigenvalue weighted by Gasteiger charge is -2.20. The van der Waals surface area contributed by atoms with Crippen LogP contribution in [-0.4, -0.2) is 23.4 Å². The van der Waals surface area contributed by atoms with Crippen LogP contribution in [-0.2, 0) is 13.5 Å². The standard InChI is InChI=1S/C14H15BrClN3O/c1-18(8-7-10-3-5-11(15)6-4-10)12-9-17-19(2)14(20)13(12)16/h3-6,9H,7-8H2,1-2H3. The monoisotopic (exact) mass is 355 g/mol. The number of anilines is 1. The van der Waals surface area contributed by atoms with Crippen molar-refractivity contribution in [3.8, 4) is 0 Å². The first-order chi connectivity index (χ1) is 9.49. The molecule has 1 heterocycles. The molecule has 0 aliphatic heterocycles. The maximum atomic E-state index is 11.7. The molecule has 4 nitrogen and oxygen atoms in total. The Hall–Kier alpha value is -1.33. The number of aromatic nitrogens is 2. The Bertz CT molecular complexity index is 654. The minimum absolute atomic E-state index is 0.209. The van der Waals surface area contributed by atoms with E-state index in [1.807, 2.05) is 24.1 Å². The van der Waals surface area contributed by atoms with Gasteiger partial charge in [0.05, 0.1) is 11.9 Å². The molecule has 0 fully saturated rings. The molecular formula is C14H15BrClN3O. The third kappa shape index (κ3) is 3.41. The zero-order valence-corrected chi connectivity index (χ0v) is 13.6. The van der Waals surface area contributed by atoms with Gasteiger partial charge in [0.2, 0.25) is 0 Å². The van der Waals surface area contributed by atoms with Gasteiger partial charge in [0.1, 0.15) is 5.02 Å². The fourth-order valence-corrected chi connectivity index (χ4v) is 2.42. The van der Waals surface area contributed by atoms with Crippen LogP contribution >= 0.6 is 27.5 Å². The Labute approximate surface area is 131 Å². The van der Waals surface area contributed by atoms with Crippen molar-refractivity contribution in [2.75, 3.05) is 18.5 Å². The van der Waals surface area contributed by atoms with Gasteiger partial charge in [-0.3, -0.25) is 4.79 Å². The van der Waals surface area contributed by atoms with Crippen molar-refractivity contribution in [1.82, 2.24) is 9.78 Å². The van der Waals surface area contributed by atoms with E-state index in [1.54, 1.807) is 13.2 Å². The molecule has 0 saturated heterocycles. The predicted octanol–water partition coefficient (Wildman–Crippen LogP) is 2.88. The van der Waals surface area contributed by atoms with Gasteiger partial charge in [0.15, 0.2) is 0 Å². The van der Waals surface area contributed by atoms with Gasteiger partial charge >= 0.3 is 0 Å². The Kier molecular flexibility index (Phi) is 4.83. The van der Waals surface area contributed by atoms with E-state index in [4.69, 9.17) is 11.6 Å². The lowest BCUT2D eigenvalue weighted by atomic mass is 10.1. The van der Waals surface area contributed by atoms with Gasteiger partial charge in [-0.15, -0.1) is 0 Å². The van der Waals surface area contributed by atoms with Crippen LogP contribution in [0.4, 0.5) is 5.69 Å². The van der Waals surface area contributed by atoms with E-state index in [9.17, 15) is 4.79 Å². The summed E-state index contributed by atoms with van der Waals surface area (Å²) in [5, 5.41) is 4.21. The first kappa shape index (κ1) is 15.1. The number of rotatable bonds is 4. The van der Waals surface area contributed by atoms with Gasteiger partial charge in [-0.25, -0.2) is 4.68 Å². The molecule has 6 heteroatoms. The van der Waals surface area contributed by atoms with Crippen molar-refractivity contribution in [3.05, 3.63) is 55.9 Å². The molecule has 0 aliphatic carbocycles. The van der Waals surface area contributed by atoms with Crippen LogP contribution in [0.25, 0.3) is 0 Å². The summed E-state index contributed by atoms with van der Waals surface area (Å²) in [5.74, 6) is 0. The Morgan fingerprint density at radius 3 is 2.65 bits per heavy atom. The van der Waals surface area contributed by atoms with E-state index in [2.05, 4.69) is 33.2 Å². The highest BCUT2D eigenvalue weighted by atomic mass is 79.9. The number of benzene rings is 1. The molecule has 0 atom stereocenters. The number of nitrogens with zero attached hydrogens (tertiary/aromatic N) is 3. The second-order valence-electron chi connectivity index (χ2n) is 4.57. The Balaban J connectivity index is 2.09. The minimum Gasteiger partial charge on any atom is -0.372 e. The summed E-state index contributed by atoms with van der Waals surface area (Å²) < 4.78 is 2.29. The molecule has 0 aliphatic rings. The summed E-state index contributed by atoms with van der Waals surface area (Å²) >= 11 is 9.49. The van der Waals surface area contributed by atoms with Crippen LogP contribution in [0.2, 0.25) is 5.02 Å². The smallest absolute Gasteiger partial charge is 0.287 e. The van der Waals surface area contributed by atoms with Crippen LogP contribution in [0.5, 0.6) is 0 Å². The highest BCUT2D eigenvalue weighted by Gasteiger charge is 2.11. The van der Waals surface area contributed by atoms with Crippen molar-refractivity contribution < 1.29 is 0 Å². The average molecular weight is 357 g/mol. The van der Waals surface area contributed by atoms with Crippen molar-refractivity contribution in [1.29, 1.82) is 0 Å². The van der Waals surface area contributed by atoms with Gasteiger partial charge in [-0.1, -0.05) is 39.7 Å². The van der Waals surface area contributed by atoms with Crippen molar-refractivity contribution in [2.24, 2.45) is 7.05 Å². The molecule has 0 spiro atoms. The van der Waals surface area contributed by atoms with Gasteiger partial charge in [-0.05, 0) is 24.1 Å². The number of aryl methyl sites for hydroxylation is 1. The van der Waals surface area contributed by atoms with E-state index in [1.165, 1.54) is 10.2 Å². The molecule has 0 saturated carbocycles. The fraction of sp³-hybridized carbons (Fsp3) is 0.286. The van der Waals surface area contributed by atoms with E-state index < -0.39 is 0 Å². The normalized spacial score (nSPS) is 10.6. The zero-order valence-electron chi connectivity index (χ0n) is 11.3. The van der Waals surface area contributed by atoms with E-state index in [0.717, 1.165) is 17.4 Å². The molecule has 0 amide bonds. The molecule has 0 bridgehead atoms. The summed E-state index contributed by atoms with van der Waals surface area (Å²) in [4.78, 5) is 13.7. The van der Waals surface area contributed by atoms with Crippen LogP contribution in [0.3, 0.4) is 0 Å². The molecule has 20 heavy (non-hydrogen) atoms. The quantitative estimate of drug-likeness (QED) is 0.845. The number of hydrogen-bond acceptors (Lipinski definition) is 3. The molecule has 0 radical (unpaired) electrons. The molecule has 2 aromatic rings. The zero-order chi connectivity index (χ0) is 14.7. The van der Waals surface area contributed by atoms with Gasteiger partial charge < -0.3 is 4.90 Å². The summed E-state index contributed by atoms with van der Waals surface area (Å²) in [6.45, 7) is 0.760. The second kappa shape index (κ2) is 6.41. The van der Waals surface area contributed by atoms with E-state index in [-0.39, 0.29) is 10.6 Å². The Morgan fingerprint density at radius 2 is 2.00 bits per heavy atom. The topological polar surface area (TPSA) is 38.1 Å². The van der Waals surface area contributed by atoms with Gasteiger partial charge in [0, 0.05) is 25.1 Å². The minimum atomic E-state index is -0.278. The van der Waals surface area contributed by atoms with Crippen LogP contribution < -0.4 is 10.5 Å². The number of hydrogen-bond donors (Lipinski definition) is 0. The molecule has 0 N–H and O–H groups in total. The molecular weight excluding hydrogens is 342 g/mol. The fourth-order valence-electron chi connectivity index (χ4n) is 1.84. The maximum absolute atomic E-state index is 11.7. The largest absolute Gasteiger partial charge is 0.372 e. The summed E-state index contributed by atoms with van der Waals surface area (Å²) in [5.41, 5.74) is 1.61. The van der Waals surface area contributed by atoms with Crippen LogP contribution in [0.1, 0.15) is 5.56 Å². The molecule has 1 aromatic carbocycles. The lowest BCUT2D eigenvalue weighted by Crippen LogP contribution is -2.26. The predicted molar refractivity (Wildman–Crippen MR) is 85.6 cm³/mol. The number of likely N-dealkylation sites (N-methyl/N-ethyl adjacent to an activating group) is 1. The van der Waals surface area contributed by atoms with Crippen LogP contribution in [0, 0.1) is 0 Å². The SMILES string of the molecule is CN(CCc1ccc(Br)cc1)c1cnn(C)c(=O)c1Cl. The number of halogens is 2. The summed E-state index contributed by atoms with van der Waals surface area (Å²) in [6, 6.07) is 8.17. The van der Waals surface area contributed by atoms with Gasteiger partial charge in [-0.2, -0.15) is 5.10 Å². The molecule has 0 unspecified atom stereocenters. The van der Waals surface area contributed by atoms with Crippen molar-refractivity contribution in [3.63, 3.8) is 0 Å². The lowest BCUT2D eigenvalue weighted by molar-refractivity contribution is 0.703. The van der Waals surface area contributed by atoms with Crippen molar-refractivity contribution in [2.45, 2.75) is 6.42 Å². The maximum Gasteiger partial charge on any atom is 0.287 e. The van der Waals surface area contributed by atoms with Crippen molar-refractivity contribution >= 4 is 33.2 Å². The van der Waals surface area contributed by atoms with Crippen LogP contribution in [0.15, 0.2) is 39.7 Å². The molecule has 1 aromatic heterocycles. The second-order valence-corrected chi connectivity index (χ2v) is 5.86. The average Bonchev–Trinajstić information content (AvgIpc) is 2.44. The third-order valence-corrected chi connectivity index (χ3v) is 4.00. The molecule has 2 rings (SSSR count). The van der Waals surface area contributed by atoms with Gasteiger partial charge in [0.25, 0.3) is 5.56 Å². The third-order valence-electron chi connectivity index (χ3n) is 3.12. The Morgan fingerprint density at radius 1 is 1.35 bits per heavy atom. The summed E-state index contributed by atoms with van der Waals surface area (Å²) in [7, 11) is 3.49. The summed E-state index contributed by atoms with van der Waals surface area (Å²) in [6.07, 6.45) is 2.49. The van der Waals surface area contributed by atoms with E-state index in [0.29, 0.717) is 5.69 Å². The first-order valence-corrected chi connectivity index (χ1v) is 7.33. The highest BCUT2D eigenvalue weighted by Crippen LogP contribution is 2.20. The van der Waals surface area contributed by atoms with E-state index >= 15 is 0 Å². The molecule has 106 valence electrons. The first-order valence-electron chi connectivity index (χ1n) is 6.16. The highest BCUT2D eigenvalue weighted by molar-refractivity contribution is 9.10.